The van der Waals surface area contributed by atoms with E-state index in [1.807, 2.05) is 12.1 Å². The summed E-state index contributed by atoms with van der Waals surface area (Å²) in [6.45, 7) is -0.102. The first kappa shape index (κ1) is 17.7. The number of aromatic nitrogens is 4. The molecule has 1 fully saturated rings. The molecule has 1 aromatic carbocycles. The van der Waals surface area contributed by atoms with Gasteiger partial charge in [-0.25, -0.2) is 9.48 Å². The Balaban J connectivity index is 1.55. The Bertz CT molecular complexity index is 1020. The number of amides is 1. The molecule has 0 atom stereocenters. The number of nitrogens with zero attached hydrogens (tertiary/aromatic N) is 4. The van der Waals surface area contributed by atoms with Gasteiger partial charge in [-0.3, -0.25) is 4.79 Å². The molecule has 1 saturated carbocycles. The van der Waals surface area contributed by atoms with Gasteiger partial charge in [0.25, 0.3) is 0 Å². The van der Waals surface area contributed by atoms with Gasteiger partial charge >= 0.3 is 5.69 Å². The quantitative estimate of drug-likeness (QED) is 0.748. The lowest BCUT2D eigenvalue weighted by molar-refractivity contribution is -0.122. The van der Waals surface area contributed by atoms with Gasteiger partial charge < -0.3 is 5.32 Å². The van der Waals surface area contributed by atoms with Gasteiger partial charge in [0.2, 0.25) is 5.91 Å². The molecule has 2 aromatic heterocycles. The third-order valence-electron chi connectivity index (χ3n) is 4.84. The van der Waals surface area contributed by atoms with Gasteiger partial charge in [0.1, 0.15) is 6.54 Å². The van der Waals surface area contributed by atoms with E-state index in [2.05, 4.69) is 15.5 Å². The number of carbonyl (C=O) groups excluding carboxylic acids is 1. The van der Waals surface area contributed by atoms with Crippen molar-refractivity contribution in [2.75, 3.05) is 0 Å². The van der Waals surface area contributed by atoms with Crippen molar-refractivity contribution in [3.8, 4) is 11.3 Å². The topological polar surface area (TPSA) is 81.3 Å². The largest absolute Gasteiger partial charge is 0.367 e. The highest BCUT2D eigenvalue weighted by atomic mass is 35.5. The highest BCUT2D eigenvalue weighted by Crippen LogP contribution is 2.19. The molecule has 1 amide bonds. The fourth-order valence-corrected chi connectivity index (χ4v) is 3.57. The lowest BCUT2D eigenvalue weighted by atomic mass is 9.95. The van der Waals surface area contributed by atoms with Crippen LogP contribution in [-0.2, 0) is 11.3 Å². The van der Waals surface area contributed by atoms with E-state index in [-0.39, 0.29) is 18.5 Å². The number of halogens is 1. The Morgan fingerprint density at radius 3 is 2.56 bits per heavy atom. The standard InChI is InChI=1S/C19H20ClN5O2/c20-14-8-6-13(7-9-14)16-10-11-17-23-24(19(27)25(17)22-16)12-18(26)21-15-4-2-1-3-5-15/h6-11,15H,1-5,12H2,(H,21,26). The maximum atomic E-state index is 12.6. The molecule has 27 heavy (non-hydrogen) atoms. The summed E-state index contributed by atoms with van der Waals surface area (Å²) in [6, 6.07) is 10.9. The minimum atomic E-state index is -0.431. The van der Waals surface area contributed by atoms with Crippen LogP contribution in [0.1, 0.15) is 32.1 Å². The van der Waals surface area contributed by atoms with Crippen LogP contribution in [0.15, 0.2) is 41.2 Å². The Morgan fingerprint density at radius 2 is 1.81 bits per heavy atom. The molecule has 2 heterocycles. The number of carbonyl (C=O) groups is 1. The Morgan fingerprint density at radius 1 is 1.07 bits per heavy atom. The molecule has 1 aliphatic carbocycles. The molecule has 1 N–H and O–H groups in total. The van der Waals surface area contributed by atoms with Crippen LogP contribution in [0.2, 0.25) is 5.02 Å². The molecular formula is C19H20ClN5O2. The van der Waals surface area contributed by atoms with E-state index in [1.54, 1.807) is 24.3 Å². The van der Waals surface area contributed by atoms with Gasteiger partial charge in [-0.15, -0.1) is 5.10 Å². The molecule has 0 aliphatic heterocycles. The predicted molar refractivity (Wildman–Crippen MR) is 103 cm³/mol. The second kappa shape index (κ2) is 7.52. The van der Waals surface area contributed by atoms with Crippen molar-refractivity contribution in [3.63, 3.8) is 0 Å². The number of fused-ring (bicyclic) bond motifs is 1. The number of nitrogens with one attached hydrogen (secondary N) is 1. The third-order valence-corrected chi connectivity index (χ3v) is 5.10. The SMILES string of the molecule is O=C(Cn1nc2ccc(-c3ccc(Cl)cc3)nn2c1=O)NC1CCCCC1. The first-order valence-corrected chi connectivity index (χ1v) is 9.50. The minimum absolute atomic E-state index is 0.102. The number of hydrogen-bond acceptors (Lipinski definition) is 4. The molecule has 140 valence electrons. The van der Waals surface area contributed by atoms with Crippen LogP contribution in [0.25, 0.3) is 16.9 Å². The summed E-state index contributed by atoms with van der Waals surface area (Å²) in [7, 11) is 0. The van der Waals surface area contributed by atoms with Gasteiger partial charge in [0.15, 0.2) is 5.65 Å². The Labute approximate surface area is 161 Å². The van der Waals surface area contributed by atoms with Crippen molar-refractivity contribution in [2.24, 2.45) is 0 Å². The van der Waals surface area contributed by atoms with Gasteiger partial charge in [0, 0.05) is 16.6 Å². The maximum absolute atomic E-state index is 12.6. The second-order valence-electron chi connectivity index (χ2n) is 6.84. The van der Waals surface area contributed by atoms with E-state index in [1.165, 1.54) is 10.9 Å². The first-order valence-electron chi connectivity index (χ1n) is 9.12. The lowest BCUT2D eigenvalue weighted by Crippen LogP contribution is -2.40. The van der Waals surface area contributed by atoms with Gasteiger partial charge in [-0.2, -0.15) is 9.61 Å². The summed E-state index contributed by atoms with van der Waals surface area (Å²) in [5.41, 5.74) is 1.45. The van der Waals surface area contributed by atoms with Crippen molar-refractivity contribution in [3.05, 3.63) is 51.9 Å². The van der Waals surface area contributed by atoms with E-state index in [4.69, 9.17) is 11.6 Å². The van der Waals surface area contributed by atoms with Crippen LogP contribution in [0, 0.1) is 0 Å². The van der Waals surface area contributed by atoms with Gasteiger partial charge in [-0.05, 0) is 37.1 Å². The van der Waals surface area contributed by atoms with Crippen molar-refractivity contribution in [1.29, 1.82) is 0 Å². The molecule has 0 radical (unpaired) electrons. The van der Waals surface area contributed by atoms with Crippen molar-refractivity contribution in [1.82, 2.24) is 24.7 Å². The molecule has 0 unspecified atom stereocenters. The summed E-state index contributed by atoms with van der Waals surface area (Å²) in [4.78, 5) is 24.9. The maximum Gasteiger partial charge on any atom is 0.367 e. The Hall–Kier alpha value is -2.67. The van der Waals surface area contributed by atoms with E-state index >= 15 is 0 Å². The van der Waals surface area contributed by atoms with Crippen LogP contribution in [0.5, 0.6) is 0 Å². The molecule has 3 aromatic rings. The average Bonchev–Trinajstić information content (AvgIpc) is 2.98. The zero-order chi connectivity index (χ0) is 18.8. The normalized spacial score (nSPS) is 15.1. The summed E-state index contributed by atoms with van der Waals surface area (Å²) in [5, 5.41) is 12.2. The fourth-order valence-electron chi connectivity index (χ4n) is 3.44. The molecule has 0 bridgehead atoms. The average molecular weight is 386 g/mol. The summed E-state index contributed by atoms with van der Waals surface area (Å²) in [5.74, 6) is -0.190. The summed E-state index contributed by atoms with van der Waals surface area (Å²) in [6.07, 6.45) is 5.49. The number of benzene rings is 1. The highest BCUT2D eigenvalue weighted by Gasteiger charge is 2.18. The van der Waals surface area contributed by atoms with Gasteiger partial charge in [-0.1, -0.05) is 43.0 Å². The molecule has 8 heteroatoms. The van der Waals surface area contributed by atoms with Crippen molar-refractivity contribution < 1.29 is 4.79 Å². The fraction of sp³-hybridized carbons (Fsp3) is 0.368. The smallest absolute Gasteiger partial charge is 0.352 e. The minimum Gasteiger partial charge on any atom is -0.352 e. The molecule has 0 spiro atoms. The van der Waals surface area contributed by atoms with Crippen LogP contribution in [-0.4, -0.2) is 31.3 Å². The van der Waals surface area contributed by atoms with E-state index < -0.39 is 5.69 Å². The molecule has 0 saturated heterocycles. The number of rotatable bonds is 4. The van der Waals surface area contributed by atoms with Gasteiger partial charge in [0.05, 0.1) is 5.69 Å². The first-order chi connectivity index (χ1) is 13.1. The summed E-state index contributed by atoms with van der Waals surface area (Å²) >= 11 is 5.91. The van der Waals surface area contributed by atoms with E-state index in [9.17, 15) is 9.59 Å². The number of hydrogen-bond donors (Lipinski definition) is 1. The van der Waals surface area contributed by atoms with Crippen LogP contribution < -0.4 is 11.0 Å². The van der Waals surface area contributed by atoms with Crippen LogP contribution >= 0.6 is 11.6 Å². The lowest BCUT2D eigenvalue weighted by Gasteiger charge is -2.22. The molecular weight excluding hydrogens is 366 g/mol. The van der Waals surface area contributed by atoms with E-state index in [0.29, 0.717) is 16.4 Å². The molecule has 7 nitrogen and oxygen atoms in total. The van der Waals surface area contributed by atoms with Crippen LogP contribution in [0.3, 0.4) is 0 Å². The summed E-state index contributed by atoms with van der Waals surface area (Å²) < 4.78 is 2.38. The molecule has 1 aliphatic rings. The highest BCUT2D eigenvalue weighted by molar-refractivity contribution is 6.30. The predicted octanol–water partition coefficient (Wildman–Crippen LogP) is 2.66. The van der Waals surface area contributed by atoms with Crippen LogP contribution in [0.4, 0.5) is 0 Å². The monoisotopic (exact) mass is 385 g/mol. The van der Waals surface area contributed by atoms with E-state index in [0.717, 1.165) is 35.9 Å². The zero-order valence-corrected chi connectivity index (χ0v) is 15.5. The second-order valence-corrected chi connectivity index (χ2v) is 7.27. The van der Waals surface area contributed by atoms with Crippen molar-refractivity contribution in [2.45, 2.75) is 44.7 Å². The third kappa shape index (κ3) is 3.88. The molecule has 4 rings (SSSR count). The zero-order valence-electron chi connectivity index (χ0n) is 14.8. The van der Waals surface area contributed by atoms with Crippen molar-refractivity contribution >= 4 is 23.2 Å². The Kier molecular flexibility index (Phi) is 4.94.